The maximum absolute atomic E-state index is 13.1. The van der Waals surface area contributed by atoms with E-state index in [4.69, 9.17) is 13.7 Å². The normalized spacial score (nSPS) is 17.1. The van der Waals surface area contributed by atoms with Crippen LogP contribution in [-0.2, 0) is 11.2 Å². The van der Waals surface area contributed by atoms with Crippen LogP contribution in [-0.4, -0.2) is 46.2 Å². The number of oxazole rings is 1. The lowest BCUT2D eigenvalue weighted by Crippen LogP contribution is -2.30. The van der Waals surface area contributed by atoms with Crippen molar-refractivity contribution in [3.63, 3.8) is 0 Å². The molecule has 8 heteroatoms. The number of amides is 1. The van der Waals surface area contributed by atoms with Gasteiger partial charge in [0.2, 0.25) is 5.89 Å². The van der Waals surface area contributed by atoms with Crippen LogP contribution >= 0.6 is 0 Å². The molecule has 0 N–H and O–H groups in total. The van der Waals surface area contributed by atoms with Crippen LogP contribution in [0.1, 0.15) is 66.6 Å². The third-order valence-corrected chi connectivity index (χ3v) is 4.97. The van der Waals surface area contributed by atoms with Gasteiger partial charge in [-0.3, -0.25) is 4.79 Å². The first-order valence-corrected chi connectivity index (χ1v) is 9.59. The third kappa shape index (κ3) is 3.52. The van der Waals surface area contributed by atoms with Gasteiger partial charge in [0.15, 0.2) is 17.3 Å². The molecule has 2 aromatic heterocycles. The maximum Gasteiger partial charge on any atom is 0.254 e. The summed E-state index contributed by atoms with van der Waals surface area (Å²) < 4.78 is 16.3. The van der Waals surface area contributed by atoms with Gasteiger partial charge in [-0.15, -0.1) is 0 Å². The molecule has 0 spiro atoms. The van der Waals surface area contributed by atoms with Crippen molar-refractivity contribution < 1.29 is 18.5 Å². The van der Waals surface area contributed by atoms with Gasteiger partial charge in [0.1, 0.15) is 11.6 Å². The minimum atomic E-state index is -0.185. The summed E-state index contributed by atoms with van der Waals surface area (Å²) >= 11 is 0. The van der Waals surface area contributed by atoms with Gasteiger partial charge in [-0.25, -0.2) is 4.98 Å². The largest absolute Gasteiger partial charge is 0.441 e. The van der Waals surface area contributed by atoms with E-state index in [2.05, 4.69) is 15.1 Å². The minimum absolute atomic E-state index is 0.0662. The molecular formula is C20H24N4O4. The van der Waals surface area contributed by atoms with Gasteiger partial charge in [0, 0.05) is 31.6 Å². The summed E-state index contributed by atoms with van der Waals surface area (Å²) in [4.78, 5) is 23.9. The Morgan fingerprint density at radius 1 is 1.36 bits per heavy atom. The van der Waals surface area contributed by atoms with E-state index in [1.54, 1.807) is 24.1 Å². The third-order valence-electron chi connectivity index (χ3n) is 4.97. The molecule has 148 valence electrons. The van der Waals surface area contributed by atoms with Crippen molar-refractivity contribution in [3.8, 4) is 0 Å². The van der Waals surface area contributed by atoms with Crippen molar-refractivity contribution in [2.24, 2.45) is 0 Å². The van der Waals surface area contributed by atoms with Crippen LogP contribution in [0.4, 0.5) is 0 Å². The molecule has 28 heavy (non-hydrogen) atoms. The molecule has 0 radical (unpaired) electrons. The van der Waals surface area contributed by atoms with Gasteiger partial charge in [0.05, 0.1) is 6.61 Å². The standard InChI is InChI=1S/C20H24N4O4/c1-12(2)18-22-19(28-23-18)15-5-4-9-24(15)20(25)13-6-7-14-16(11-13)27-17(21-14)8-10-26-3/h6-7,11-12,15H,4-5,8-10H2,1-3H3/t15-/m0/s1. The van der Waals surface area contributed by atoms with E-state index >= 15 is 0 Å². The molecule has 1 aromatic carbocycles. The lowest BCUT2D eigenvalue weighted by atomic mass is 10.1. The quantitative estimate of drug-likeness (QED) is 0.642. The highest BCUT2D eigenvalue weighted by atomic mass is 16.5. The number of nitrogens with zero attached hydrogens (tertiary/aromatic N) is 4. The van der Waals surface area contributed by atoms with E-state index in [1.807, 2.05) is 19.9 Å². The SMILES string of the molecule is COCCc1nc2ccc(C(=O)N3CCC[C@H]3c3nc(C(C)C)no3)cc2o1. The Hall–Kier alpha value is -2.74. The number of fused-ring (bicyclic) bond motifs is 1. The van der Waals surface area contributed by atoms with Crippen LogP contribution in [0.25, 0.3) is 11.1 Å². The van der Waals surface area contributed by atoms with E-state index in [0.29, 0.717) is 48.3 Å². The van der Waals surface area contributed by atoms with Gasteiger partial charge in [0.25, 0.3) is 5.91 Å². The number of methoxy groups -OCH3 is 1. The zero-order valence-corrected chi connectivity index (χ0v) is 16.3. The molecule has 0 bridgehead atoms. The molecule has 1 amide bonds. The number of hydrogen-bond donors (Lipinski definition) is 0. The van der Waals surface area contributed by atoms with Gasteiger partial charge >= 0.3 is 0 Å². The number of carbonyl (C=O) groups excluding carboxylic acids is 1. The van der Waals surface area contributed by atoms with Crippen molar-refractivity contribution in [1.29, 1.82) is 0 Å². The van der Waals surface area contributed by atoms with Crippen molar-refractivity contribution in [2.75, 3.05) is 20.3 Å². The average Bonchev–Trinajstić information content (AvgIpc) is 3.43. The van der Waals surface area contributed by atoms with Crippen molar-refractivity contribution >= 4 is 17.0 Å². The van der Waals surface area contributed by atoms with Crippen molar-refractivity contribution in [2.45, 2.75) is 45.1 Å². The second-order valence-corrected chi connectivity index (χ2v) is 7.33. The lowest BCUT2D eigenvalue weighted by Gasteiger charge is -2.21. The van der Waals surface area contributed by atoms with Gasteiger partial charge in [-0.2, -0.15) is 4.98 Å². The molecule has 1 aliphatic rings. The molecule has 0 saturated carbocycles. The summed E-state index contributed by atoms with van der Waals surface area (Å²) in [7, 11) is 1.64. The Morgan fingerprint density at radius 2 is 2.21 bits per heavy atom. The number of carbonyl (C=O) groups is 1. The Labute approximate surface area is 162 Å². The second kappa shape index (κ2) is 7.71. The maximum atomic E-state index is 13.1. The molecule has 1 aliphatic heterocycles. The van der Waals surface area contributed by atoms with Crippen molar-refractivity contribution in [1.82, 2.24) is 20.0 Å². The molecule has 3 heterocycles. The first kappa shape index (κ1) is 18.6. The van der Waals surface area contributed by atoms with E-state index in [1.165, 1.54) is 0 Å². The highest BCUT2D eigenvalue weighted by molar-refractivity contribution is 5.97. The number of aromatic nitrogens is 3. The number of rotatable bonds is 6. The van der Waals surface area contributed by atoms with Gasteiger partial charge in [-0.05, 0) is 31.0 Å². The summed E-state index contributed by atoms with van der Waals surface area (Å²) in [6.07, 6.45) is 2.32. The summed E-state index contributed by atoms with van der Waals surface area (Å²) in [5, 5.41) is 4.04. The predicted octanol–water partition coefficient (Wildman–Crippen LogP) is 3.50. The van der Waals surface area contributed by atoms with Crippen LogP contribution in [0, 0.1) is 0 Å². The summed E-state index contributed by atoms with van der Waals surface area (Å²) in [6, 6.07) is 5.17. The van der Waals surface area contributed by atoms with Crippen LogP contribution in [0.3, 0.4) is 0 Å². The van der Waals surface area contributed by atoms with E-state index < -0.39 is 0 Å². The Bertz CT molecular complexity index is 978. The Balaban J connectivity index is 1.56. The fraction of sp³-hybridized carbons (Fsp3) is 0.500. The first-order valence-electron chi connectivity index (χ1n) is 9.59. The van der Waals surface area contributed by atoms with Crippen LogP contribution in [0.15, 0.2) is 27.1 Å². The van der Waals surface area contributed by atoms with Gasteiger partial charge in [-0.1, -0.05) is 19.0 Å². The lowest BCUT2D eigenvalue weighted by molar-refractivity contribution is 0.0710. The number of benzene rings is 1. The minimum Gasteiger partial charge on any atom is -0.441 e. The Morgan fingerprint density at radius 3 is 2.96 bits per heavy atom. The molecule has 3 aromatic rings. The number of hydrogen-bond acceptors (Lipinski definition) is 7. The van der Waals surface area contributed by atoms with Crippen LogP contribution in [0.5, 0.6) is 0 Å². The molecule has 8 nitrogen and oxygen atoms in total. The van der Waals surface area contributed by atoms with Crippen molar-refractivity contribution in [3.05, 3.63) is 41.4 Å². The fourth-order valence-corrected chi connectivity index (χ4v) is 3.45. The monoisotopic (exact) mass is 384 g/mol. The molecule has 1 saturated heterocycles. The zero-order valence-electron chi connectivity index (χ0n) is 16.3. The zero-order chi connectivity index (χ0) is 19.7. The first-order chi connectivity index (χ1) is 13.6. The van der Waals surface area contributed by atoms with E-state index in [0.717, 1.165) is 18.4 Å². The molecular weight excluding hydrogens is 360 g/mol. The molecule has 0 aliphatic carbocycles. The highest BCUT2D eigenvalue weighted by Gasteiger charge is 2.35. The molecule has 1 atom stereocenters. The predicted molar refractivity (Wildman–Crippen MR) is 101 cm³/mol. The summed E-state index contributed by atoms with van der Waals surface area (Å²) in [5.41, 5.74) is 1.91. The fourth-order valence-electron chi connectivity index (χ4n) is 3.45. The molecule has 4 rings (SSSR count). The smallest absolute Gasteiger partial charge is 0.254 e. The number of likely N-dealkylation sites (tertiary alicyclic amines) is 1. The molecule has 0 unspecified atom stereocenters. The molecule has 1 fully saturated rings. The van der Waals surface area contributed by atoms with E-state index in [9.17, 15) is 4.79 Å². The van der Waals surface area contributed by atoms with Crippen LogP contribution < -0.4 is 0 Å². The number of ether oxygens (including phenoxy) is 1. The Kier molecular flexibility index (Phi) is 5.13. The second-order valence-electron chi connectivity index (χ2n) is 7.33. The van der Waals surface area contributed by atoms with Crippen LogP contribution in [0.2, 0.25) is 0 Å². The highest BCUT2D eigenvalue weighted by Crippen LogP contribution is 2.33. The summed E-state index contributed by atoms with van der Waals surface area (Å²) in [5.74, 6) is 1.90. The topological polar surface area (TPSA) is 94.5 Å². The van der Waals surface area contributed by atoms with Gasteiger partial charge < -0.3 is 18.6 Å². The average molecular weight is 384 g/mol. The summed E-state index contributed by atoms with van der Waals surface area (Å²) in [6.45, 7) is 5.23. The van der Waals surface area contributed by atoms with E-state index in [-0.39, 0.29) is 17.9 Å².